The lowest BCUT2D eigenvalue weighted by Gasteiger charge is -2.32. The standard InChI is InChI=1S/C24H28N2O4/c1-15-11-16(2)13-18(12-15)30-23-17(3)29-24-19(22(23)28)5-6-21(27)20(24)14-26-9-7-25(4)8-10-26/h5-6,11-13,27H,7-10,14H2,1-4H3. The average molecular weight is 408 g/mol. The van der Waals surface area contributed by atoms with Gasteiger partial charge in [-0.2, -0.15) is 0 Å². The summed E-state index contributed by atoms with van der Waals surface area (Å²) in [6, 6.07) is 9.02. The quantitative estimate of drug-likeness (QED) is 0.705. The van der Waals surface area contributed by atoms with E-state index in [2.05, 4.69) is 22.9 Å². The molecule has 2 heterocycles. The lowest BCUT2D eigenvalue weighted by atomic mass is 10.1. The van der Waals surface area contributed by atoms with Gasteiger partial charge < -0.3 is 19.2 Å². The molecule has 1 aromatic heterocycles. The number of aromatic hydroxyl groups is 1. The lowest BCUT2D eigenvalue weighted by Crippen LogP contribution is -2.43. The summed E-state index contributed by atoms with van der Waals surface area (Å²) in [6.45, 7) is 10.0. The molecule has 1 aliphatic rings. The molecule has 0 atom stereocenters. The zero-order chi connectivity index (χ0) is 21.4. The van der Waals surface area contributed by atoms with Crippen molar-refractivity contribution >= 4 is 11.0 Å². The predicted molar refractivity (Wildman–Crippen MR) is 118 cm³/mol. The van der Waals surface area contributed by atoms with Crippen molar-refractivity contribution in [1.82, 2.24) is 9.80 Å². The van der Waals surface area contributed by atoms with Crippen molar-refractivity contribution in [2.75, 3.05) is 33.2 Å². The van der Waals surface area contributed by atoms with E-state index in [0.29, 0.717) is 34.6 Å². The van der Waals surface area contributed by atoms with Crippen LogP contribution in [0.2, 0.25) is 0 Å². The van der Waals surface area contributed by atoms with Gasteiger partial charge in [0.2, 0.25) is 11.2 Å². The first-order chi connectivity index (χ1) is 14.3. The number of nitrogens with zero attached hydrogens (tertiary/aromatic N) is 2. The highest BCUT2D eigenvalue weighted by molar-refractivity contribution is 5.83. The molecular formula is C24H28N2O4. The topological polar surface area (TPSA) is 66.2 Å². The first-order valence-corrected chi connectivity index (χ1v) is 10.3. The summed E-state index contributed by atoms with van der Waals surface area (Å²) in [7, 11) is 2.10. The van der Waals surface area contributed by atoms with Crippen LogP contribution in [-0.2, 0) is 6.54 Å². The van der Waals surface area contributed by atoms with E-state index >= 15 is 0 Å². The Kier molecular flexibility index (Phi) is 5.54. The van der Waals surface area contributed by atoms with E-state index in [-0.39, 0.29) is 16.9 Å². The van der Waals surface area contributed by atoms with Crippen LogP contribution in [0.3, 0.4) is 0 Å². The highest BCUT2D eigenvalue weighted by Gasteiger charge is 2.21. The van der Waals surface area contributed by atoms with Gasteiger partial charge in [-0.3, -0.25) is 9.69 Å². The van der Waals surface area contributed by atoms with Crippen molar-refractivity contribution in [3.8, 4) is 17.2 Å². The van der Waals surface area contributed by atoms with Crippen LogP contribution in [0.5, 0.6) is 17.2 Å². The fourth-order valence-electron chi connectivity index (χ4n) is 4.00. The Morgan fingerprint density at radius 3 is 2.37 bits per heavy atom. The largest absolute Gasteiger partial charge is 0.507 e. The number of benzene rings is 2. The minimum atomic E-state index is -0.229. The van der Waals surface area contributed by atoms with Crippen LogP contribution in [0.25, 0.3) is 11.0 Å². The van der Waals surface area contributed by atoms with Gasteiger partial charge >= 0.3 is 0 Å². The number of hydrogen-bond donors (Lipinski definition) is 1. The second-order valence-electron chi connectivity index (χ2n) is 8.26. The van der Waals surface area contributed by atoms with Crippen molar-refractivity contribution < 1.29 is 14.3 Å². The summed E-state index contributed by atoms with van der Waals surface area (Å²) in [5, 5.41) is 10.9. The average Bonchev–Trinajstić information content (AvgIpc) is 2.68. The number of fused-ring (bicyclic) bond motifs is 1. The van der Waals surface area contributed by atoms with Crippen molar-refractivity contribution in [2.24, 2.45) is 0 Å². The van der Waals surface area contributed by atoms with E-state index in [9.17, 15) is 9.90 Å². The summed E-state index contributed by atoms with van der Waals surface area (Å²) in [4.78, 5) is 17.8. The Hall–Kier alpha value is -2.83. The lowest BCUT2D eigenvalue weighted by molar-refractivity contribution is 0.147. The van der Waals surface area contributed by atoms with Crippen LogP contribution in [0.15, 0.2) is 39.5 Å². The molecule has 0 aliphatic carbocycles. The molecule has 1 N–H and O–H groups in total. The van der Waals surface area contributed by atoms with Crippen LogP contribution in [-0.4, -0.2) is 48.1 Å². The zero-order valence-electron chi connectivity index (χ0n) is 18.0. The van der Waals surface area contributed by atoms with E-state index in [0.717, 1.165) is 37.3 Å². The molecular weight excluding hydrogens is 380 g/mol. The number of aryl methyl sites for hydroxylation is 3. The molecule has 6 heteroatoms. The number of phenolic OH excluding ortho intramolecular Hbond substituents is 1. The maximum atomic E-state index is 13.2. The molecule has 30 heavy (non-hydrogen) atoms. The summed E-state index contributed by atoms with van der Waals surface area (Å²) in [6.07, 6.45) is 0. The Bertz CT molecular complexity index is 1120. The number of piperazine rings is 1. The van der Waals surface area contributed by atoms with Gasteiger partial charge in [0.05, 0.1) is 10.9 Å². The highest BCUT2D eigenvalue weighted by Crippen LogP contribution is 2.32. The number of phenols is 1. The van der Waals surface area contributed by atoms with Crippen LogP contribution in [0.4, 0.5) is 0 Å². The fraction of sp³-hybridized carbons (Fsp3) is 0.375. The molecule has 0 spiro atoms. The van der Waals surface area contributed by atoms with Crippen LogP contribution in [0, 0.1) is 20.8 Å². The van der Waals surface area contributed by atoms with Gasteiger partial charge in [-0.1, -0.05) is 6.07 Å². The third kappa shape index (κ3) is 4.06. The van der Waals surface area contributed by atoms with Crippen molar-refractivity contribution in [1.29, 1.82) is 0 Å². The second kappa shape index (κ2) is 8.13. The van der Waals surface area contributed by atoms with Gasteiger partial charge in [-0.15, -0.1) is 0 Å². The van der Waals surface area contributed by atoms with Gasteiger partial charge in [-0.25, -0.2) is 0 Å². The molecule has 158 valence electrons. The molecule has 0 radical (unpaired) electrons. The predicted octanol–water partition coefficient (Wildman–Crippen LogP) is 3.96. The van der Waals surface area contributed by atoms with Crippen molar-refractivity contribution in [3.63, 3.8) is 0 Å². The SMILES string of the molecule is Cc1cc(C)cc(Oc2c(C)oc3c(CN4CCN(C)CC4)c(O)ccc3c2=O)c1. The van der Waals surface area contributed by atoms with Gasteiger partial charge in [0.25, 0.3) is 0 Å². The molecule has 0 bridgehead atoms. The van der Waals surface area contributed by atoms with Crippen molar-refractivity contribution in [2.45, 2.75) is 27.3 Å². The van der Waals surface area contributed by atoms with Crippen molar-refractivity contribution in [3.05, 3.63) is 63.0 Å². The molecule has 0 unspecified atom stereocenters. The third-order valence-corrected chi connectivity index (χ3v) is 5.65. The van der Waals surface area contributed by atoms with Gasteiger partial charge in [0, 0.05) is 32.7 Å². The molecule has 0 saturated carbocycles. The highest BCUT2D eigenvalue weighted by atomic mass is 16.5. The second-order valence-corrected chi connectivity index (χ2v) is 8.26. The normalized spacial score (nSPS) is 15.6. The van der Waals surface area contributed by atoms with Crippen LogP contribution in [0.1, 0.15) is 22.5 Å². The van der Waals surface area contributed by atoms with Gasteiger partial charge in [0.15, 0.2) is 0 Å². The first kappa shape index (κ1) is 20.4. The van der Waals surface area contributed by atoms with E-state index in [1.807, 2.05) is 26.0 Å². The van der Waals surface area contributed by atoms with Crippen LogP contribution >= 0.6 is 0 Å². The summed E-state index contributed by atoms with van der Waals surface area (Å²) >= 11 is 0. The number of rotatable bonds is 4. The van der Waals surface area contributed by atoms with E-state index in [1.165, 1.54) is 0 Å². The zero-order valence-corrected chi connectivity index (χ0v) is 18.0. The summed E-state index contributed by atoms with van der Waals surface area (Å²) < 4.78 is 12.0. The molecule has 6 nitrogen and oxygen atoms in total. The Morgan fingerprint density at radius 1 is 1.03 bits per heavy atom. The number of hydrogen-bond acceptors (Lipinski definition) is 6. The molecule has 4 rings (SSSR count). The molecule has 2 aromatic carbocycles. The molecule has 1 aliphatic heterocycles. The summed E-state index contributed by atoms with van der Waals surface area (Å²) in [5.41, 5.74) is 2.98. The first-order valence-electron chi connectivity index (χ1n) is 10.3. The smallest absolute Gasteiger partial charge is 0.235 e. The van der Waals surface area contributed by atoms with E-state index < -0.39 is 0 Å². The minimum Gasteiger partial charge on any atom is -0.507 e. The van der Waals surface area contributed by atoms with E-state index in [4.69, 9.17) is 9.15 Å². The Balaban J connectivity index is 1.74. The molecule has 1 saturated heterocycles. The van der Waals surface area contributed by atoms with Gasteiger partial charge in [0.1, 0.15) is 22.8 Å². The number of ether oxygens (including phenoxy) is 1. The fourth-order valence-corrected chi connectivity index (χ4v) is 4.00. The minimum absolute atomic E-state index is 0.145. The molecule has 1 fully saturated rings. The number of likely N-dealkylation sites (N-methyl/N-ethyl adjacent to an activating group) is 1. The monoisotopic (exact) mass is 408 g/mol. The molecule has 0 amide bonds. The van der Waals surface area contributed by atoms with E-state index in [1.54, 1.807) is 19.1 Å². The Labute approximate surface area is 176 Å². The summed E-state index contributed by atoms with van der Waals surface area (Å²) in [5.74, 6) is 1.34. The third-order valence-electron chi connectivity index (χ3n) is 5.65. The Morgan fingerprint density at radius 2 is 1.70 bits per heavy atom. The molecule has 3 aromatic rings. The van der Waals surface area contributed by atoms with Gasteiger partial charge in [-0.05, 0) is 63.2 Å². The van der Waals surface area contributed by atoms with Crippen LogP contribution < -0.4 is 10.2 Å². The maximum Gasteiger partial charge on any atom is 0.235 e. The maximum absolute atomic E-state index is 13.2.